The number of methoxy groups -OCH3 is 2. The predicted octanol–water partition coefficient (Wildman–Crippen LogP) is 4.44. The Morgan fingerprint density at radius 2 is 1.86 bits per heavy atom. The Kier molecular flexibility index (Phi) is 8.07. The molecule has 0 aromatic heterocycles. The van der Waals surface area contributed by atoms with E-state index in [2.05, 4.69) is 10.5 Å². The minimum atomic E-state index is -0.494. The van der Waals surface area contributed by atoms with Crippen molar-refractivity contribution in [2.24, 2.45) is 11.0 Å². The molecule has 1 saturated heterocycles. The fourth-order valence-corrected chi connectivity index (χ4v) is 4.00. The van der Waals surface area contributed by atoms with Gasteiger partial charge < -0.3 is 19.1 Å². The second-order valence-corrected chi connectivity index (χ2v) is 8.54. The molecule has 8 nitrogen and oxygen atoms in total. The summed E-state index contributed by atoms with van der Waals surface area (Å²) in [5.74, 6) is 0.858. The molecular formula is C27H26ClN3O5. The van der Waals surface area contributed by atoms with Crippen molar-refractivity contribution in [3.8, 4) is 17.2 Å². The maximum Gasteiger partial charge on any atom is 0.245 e. The molecule has 2 amide bonds. The van der Waals surface area contributed by atoms with Gasteiger partial charge in [0.15, 0.2) is 11.5 Å². The summed E-state index contributed by atoms with van der Waals surface area (Å²) in [5.41, 5.74) is 4.83. The summed E-state index contributed by atoms with van der Waals surface area (Å²) in [6, 6.07) is 19.9. The van der Waals surface area contributed by atoms with Crippen molar-refractivity contribution in [1.29, 1.82) is 0 Å². The number of nitrogens with zero attached hydrogens (tertiary/aromatic N) is 2. The first-order valence-electron chi connectivity index (χ1n) is 11.3. The molecule has 1 N–H and O–H groups in total. The number of hydrazone groups is 1. The zero-order chi connectivity index (χ0) is 25.5. The zero-order valence-electron chi connectivity index (χ0n) is 19.9. The van der Waals surface area contributed by atoms with Crippen LogP contribution >= 0.6 is 11.6 Å². The maximum atomic E-state index is 12.6. The quantitative estimate of drug-likeness (QED) is 0.341. The summed E-state index contributed by atoms with van der Waals surface area (Å²) in [6.45, 7) is 0.588. The number of hydrogen-bond donors (Lipinski definition) is 1. The van der Waals surface area contributed by atoms with Crippen molar-refractivity contribution in [2.45, 2.75) is 13.0 Å². The van der Waals surface area contributed by atoms with Gasteiger partial charge in [0, 0.05) is 29.2 Å². The van der Waals surface area contributed by atoms with Crippen molar-refractivity contribution in [3.05, 3.63) is 82.9 Å². The number of ether oxygens (including phenoxy) is 3. The molecule has 9 heteroatoms. The molecule has 1 aliphatic rings. The van der Waals surface area contributed by atoms with Gasteiger partial charge in [-0.2, -0.15) is 5.10 Å². The standard InChI is InChI=1S/C27H26ClN3O5/c1-34-22-10-8-21(9-11-22)31-16-20(14-26(31)32)27(33)30-29-15-18-7-12-24(25(13-18)35-2)36-17-19-5-3-4-6-23(19)28/h3-13,15,20H,14,16-17H2,1-2H3,(H,30,33)/b29-15+/t20-/m0/s1. The van der Waals surface area contributed by atoms with Crippen LogP contribution in [0, 0.1) is 5.92 Å². The number of anilines is 1. The number of amides is 2. The molecule has 186 valence electrons. The van der Waals surface area contributed by atoms with Crippen molar-refractivity contribution < 1.29 is 23.8 Å². The first kappa shape index (κ1) is 25.1. The summed E-state index contributed by atoms with van der Waals surface area (Å²) < 4.78 is 16.4. The fraction of sp³-hybridized carbons (Fsp3) is 0.222. The van der Waals surface area contributed by atoms with Crippen molar-refractivity contribution in [2.75, 3.05) is 25.7 Å². The van der Waals surface area contributed by atoms with Crippen LogP contribution in [-0.4, -0.2) is 38.8 Å². The average molecular weight is 508 g/mol. The molecule has 1 fully saturated rings. The third-order valence-electron chi connectivity index (χ3n) is 5.80. The highest BCUT2D eigenvalue weighted by molar-refractivity contribution is 6.31. The highest BCUT2D eigenvalue weighted by atomic mass is 35.5. The Balaban J connectivity index is 1.33. The Bertz CT molecular complexity index is 1260. The van der Waals surface area contributed by atoms with Crippen molar-refractivity contribution in [1.82, 2.24) is 5.43 Å². The van der Waals surface area contributed by atoms with Crippen LogP contribution in [0.25, 0.3) is 0 Å². The Morgan fingerprint density at radius 1 is 1.08 bits per heavy atom. The monoisotopic (exact) mass is 507 g/mol. The van der Waals surface area contributed by atoms with Gasteiger partial charge in [0.2, 0.25) is 11.8 Å². The Hall–Kier alpha value is -4.04. The number of benzene rings is 3. The Morgan fingerprint density at radius 3 is 2.58 bits per heavy atom. The molecule has 0 unspecified atom stereocenters. The molecule has 4 rings (SSSR count). The third kappa shape index (κ3) is 5.95. The second kappa shape index (κ2) is 11.6. The normalized spacial score (nSPS) is 15.2. The molecule has 1 aliphatic heterocycles. The smallest absolute Gasteiger partial charge is 0.245 e. The van der Waals surface area contributed by atoms with Gasteiger partial charge in [-0.3, -0.25) is 9.59 Å². The van der Waals surface area contributed by atoms with E-state index in [4.69, 9.17) is 25.8 Å². The third-order valence-corrected chi connectivity index (χ3v) is 6.17. The second-order valence-electron chi connectivity index (χ2n) is 8.13. The van der Waals surface area contributed by atoms with Crippen LogP contribution in [0.2, 0.25) is 5.02 Å². The van der Waals surface area contributed by atoms with Gasteiger partial charge in [-0.05, 0) is 54.1 Å². The number of carbonyl (C=O) groups is 2. The van der Waals surface area contributed by atoms with Gasteiger partial charge in [0.1, 0.15) is 12.4 Å². The average Bonchev–Trinajstić information content (AvgIpc) is 3.30. The molecular weight excluding hydrogens is 482 g/mol. The highest BCUT2D eigenvalue weighted by Crippen LogP contribution is 2.29. The van der Waals surface area contributed by atoms with E-state index < -0.39 is 5.92 Å². The summed E-state index contributed by atoms with van der Waals surface area (Å²) >= 11 is 6.19. The van der Waals surface area contributed by atoms with Crippen molar-refractivity contribution >= 4 is 35.3 Å². The van der Waals surface area contributed by atoms with Gasteiger partial charge in [-0.25, -0.2) is 5.43 Å². The summed E-state index contributed by atoms with van der Waals surface area (Å²) in [5, 5.41) is 4.69. The molecule has 36 heavy (non-hydrogen) atoms. The van der Waals surface area contributed by atoms with E-state index in [1.165, 1.54) is 6.21 Å². The first-order valence-corrected chi connectivity index (χ1v) is 11.7. The fourth-order valence-electron chi connectivity index (χ4n) is 3.81. The van der Waals surface area contributed by atoms with E-state index in [1.54, 1.807) is 61.6 Å². The topological polar surface area (TPSA) is 89.5 Å². The SMILES string of the molecule is COc1ccc(N2C[C@@H](C(=O)N/N=C/c3ccc(OCc4ccccc4Cl)c(OC)c3)CC2=O)cc1. The van der Waals surface area contributed by atoms with Crippen molar-refractivity contribution in [3.63, 3.8) is 0 Å². The van der Waals surface area contributed by atoms with E-state index in [0.717, 1.165) is 11.3 Å². The molecule has 3 aromatic rings. The summed E-state index contributed by atoms with van der Waals surface area (Å²) in [6.07, 6.45) is 1.63. The molecule has 1 atom stereocenters. The number of hydrogen-bond acceptors (Lipinski definition) is 6. The van der Waals surface area contributed by atoms with Gasteiger partial charge >= 0.3 is 0 Å². The van der Waals surface area contributed by atoms with Crippen LogP contribution in [0.3, 0.4) is 0 Å². The first-order chi connectivity index (χ1) is 17.5. The number of carbonyl (C=O) groups excluding carboxylic acids is 2. The van der Waals surface area contributed by atoms with E-state index in [-0.39, 0.29) is 24.8 Å². The molecule has 3 aromatic carbocycles. The van der Waals surface area contributed by atoms with Crippen LogP contribution in [0.15, 0.2) is 71.8 Å². The summed E-state index contributed by atoms with van der Waals surface area (Å²) in [4.78, 5) is 26.6. The predicted molar refractivity (Wildman–Crippen MR) is 138 cm³/mol. The van der Waals surface area contributed by atoms with Gasteiger partial charge in [0.25, 0.3) is 0 Å². The van der Waals surface area contributed by atoms with Crippen LogP contribution in [-0.2, 0) is 16.2 Å². The molecule has 0 aliphatic carbocycles. The van der Waals surface area contributed by atoms with E-state index in [1.807, 2.05) is 24.3 Å². The van der Waals surface area contributed by atoms with E-state index in [9.17, 15) is 9.59 Å². The van der Waals surface area contributed by atoms with Gasteiger partial charge in [0.05, 0.1) is 26.4 Å². The van der Waals surface area contributed by atoms with Gasteiger partial charge in [-0.15, -0.1) is 0 Å². The van der Waals surface area contributed by atoms with Crippen LogP contribution in [0.1, 0.15) is 17.5 Å². The molecule has 0 saturated carbocycles. The minimum absolute atomic E-state index is 0.110. The highest BCUT2D eigenvalue weighted by Gasteiger charge is 2.35. The van der Waals surface area contributed by atoms with Crippen LogP contribution in [0.4, 0.5) is 5.69 Å². The number of rotatable bonds is 9. The molecule has 0 radical (unpaired) electrons. The van der Waals surface area contributed by atoms with Crippen LogP contribution in [0.5, 0.6) is 17.2 Å². The lowest BCUT2D eigenvalue weighted by molar-refractivity contribution is -0.126. The number of nitrogens with one attached hydrogen (secondary N) is 1. The Labute approximate surface area is 214 Å². The lowest BCUT2D eigenvalue weighted by Gasteiger charge is -2.16. The number of halogens is 1. The molecule has 1 heterocycles. The van der Waals surface area contributed by atoms with E-state index >= 15 is 0 Å². The lowest BCUT2D eigenvalue weighted by Crippen LogP contribution is -2.30. The maximum absolute atomic E-state index is 12.6. The largest absolute Gasteiger partial charge is 0.497 e. The van der Waals surface area contributed by atoms with Crippen LogP contribution < -0.4 is 24.5 Å². The zero-order valence-corrected chi connectivity index (χ0v) is 20.7. The lowest BCUT2D eigenvalue weighted by atomic mass is 10.1. The van der Waals surface area contributed by atoms with Gasteiger partial charge in [-0.1, -0.05) is 29.8 Å². The summed E-state index contributed by atoms with van der Waals surface area (Å²) in [7, 11) is 3.13. The molecule has 0 bridgehead atoms. The van der Waals surface area contributed by atoms with E-state index in [0.29, 0.717) is 34.4 Å². The molecule has 0 spiro atoms. The minimum Gasteiger partial charge on any atom is -0.497 e.